The van der Waals surface area contributed by atoms with E-state index in [-0.39, 0.29) is 5.91 Å². The molecule has 0 aliphatic rings. The minimum absolute atomic E-state index is 0.0356. The SMILES string of the molecule is CCCNC(=O)CN(C)c1ccc(C)c(N)c1. The van der Waals surface area contributed by atoms with Crippen molar-refractivity contribution in [2.24, 2.45) is 0 Å². The van der Waals surface area contributed by atoms with Crippen LogP contribution in [0.2, 0.25) is 0 Å². The third-order valence-corrected chi connectivity index (χ3v) is 2.66. The predicted octanol–water partition coefficient (Wildman–Crippen LogP) is 1.54. The Morgan fingerprint density at radius 3 is 2.76 bits per heavy atom. The van der Waals surface area contributed by atoms with Gasteiger partial charge in [0.15, 0.2) is 0 Å². The summed E-state index contributed by atoms with van der Waals surface area (Å²) in [6.07, 6.45) is 0.951. The van der Waals surface area contributed by atoms with E-state index in [0.29, 0.717) is 6.54 Å². The zero-order valence-corrected chi connectivity index (χ0v) is 10.8. The molecule has 94 valence electrons. The fourth-order valence-corrected chi connectivity index (χ4v) is 1.49. The second-order valence-electron chi connectivity index (χ2n) is 4.25. The Morgan fingerprint density at radius 1 is 1.47 bits per heavy atom. The van der Waals surface area contributed by atoms with Crippen molar-refractivity contribution in [3.05, 3.63) is 23.8 Å². The van der Waals surface area contributed by atoms with Gasteiger partial charge in [-0.2, -0.15) is 0 Å². The summed E-state index contributed by atoms with van der Waals surface area (Å²) in [5, 5.41) is 2.85. The average molecular weight is 235 g/mol. The number of benzene rings is 1. The van der Waals surface area contributed by atoms with Crippen molar-refractivity contribution >= 4 is 17.3 Å². The zero-order valence-electron chi connectivity index (χ0n) is 10.8. The molecule has 1 rings (SSSR count). The number of nitrogens with one attached hydrogen (secondary N) is 1. The number of amides is 1. The molecule has 0 spiro atoms. The van der Waals surface area contributed by atoms with Gasteiger partial charge >= 0.3 is 0 Å². The van der Waals surface area contributed by atoms with Crippen LogP contribution in [0.3, 0.4) is 0 Å². The van der Waals surface area contributed by atoms with Crippen molar-refractivity contribution in [1.82, 2.24) is 5.32 Å². The van der Waals surface area contributed by atoms with E-state index < -0.39 is 0 Å². The normalized spacial score (nSPS) is 10.1. The van der Waals surface area contributed by atoms with Gasteiger partial charge in [-0.25, -0.2) is 0 Å². The van der Waals surface area contributed by atoms with Crippen LogP contribution >= 0.6 is 0 Å². The molecule has 4 heteroatoms. The van der Waals surface area contributed by atoms with Crippen molar-refractivity contribution in [3.63, 3.8) is 0 Å². The number of nitrogen functional groups attached to an aromatic ring is 1. The summed E-state index contributed by atoms with van der Waals surface area (Å²) >= 11 is 0. The third-order valence-electron chi connectivity index (χ3n) is 2.66. The maximum absolute atomic E-state index is 11.6. The van der Waals surface area contributed by atoms with Gasteiger partial charge in [0.1, 0.15) is 0 Å². The van der Waals surface area contributed by atoms with E-state index in [9.17, 15) is 4.79 Å². The Hall–Kier alpha value is -1.71. The summed E-state index contributed by atoms with van der Waals surface area (Å²) in [4.78, 5) is 13.4. The second kappa shape index (κ2) is 6.13. The molecule has 4 nitrogen and oxygen atoms in total. The first-order chi connectivity index (χ1) is 8.04. The molecule has 17 heavy (non-hydrogen) atoms. The van der Waals surface area contributed by atoms with Crippen molar-refractivity contribution in [3.8, 4) is 0 Å². The van der Waals surface area contributed by atoms with Crippen molar-refractivity contribution in [1.29, 1.82) is 0 Å². The number of hydrogen-bond donors (Lipinski definition) is 2. The van der Waals surface area contributed by atoms with Crippen LogP contribution in [-0.2, 0) is 4.79 Å². The number of hydrogen-bond acceptors (Lipinski definition) is 3. The first kappa shape index (κ1) is 13.4. The van der Waals surface area contributed by atoms with E-state index in [0.717, 1.165) is 29.9 Å². The summed E-state index contributed by atoms with van der Waals surface area (Å²) in [5.74, 6) is 0.0356. The molecule has 0 radical (unpaired) electrons. The van der Waals surface area contributed by atoms with E-state index in [1.165, 1.54) is 0 Å². The molecule has 0 fully saturated rings. The third kappa shape index (κ3) is 3.98. The van der Waals surface area contributed by atoms with Gasteiger partial charge in [0, 0.05) is 25.0 Å². The molecule has 0 aliphatic heterocycles. The van der Waals surface area contributed by atoms with Gasteiger partial charge in [-0.3, -0.25) is 4.79 Å². The lowest BCUT2D eigenvalue weighted by molar-refractivity contribution is -0.119. The average Bonchev–Trinajstić information content (AvgIpc) is 2.30. The lowest BCUT2D eigenvalue weighted by Crippen LogP contribution is -2.35. The summed E-state index contributed by atoms with van der Waals surface area (Å²) in [6, 6.07) is 5.83. The minimum Gasteiger partial charge on any atom is -0.398 e. The maximum atomic E-state index is 11.6. The highest BCUT2D eigenvalue weighted by atomic mass is 16.2. The summed E-state index contributed by atoms with van der Waals surface area (Å²) in [5.41, 5.74) is 8.61. The van der Waals surface area contributed by atoms with E-state index in [1.54, 1.807) is 0 Å². The predicted molar refractivity (Wildman–Crippen MR) is 72.2 cm³/mol. The van der Waals surface area contributed by atoms with Crippen LogP contribution in [0.1, 0.15) is 18.9 Å². The van der Waals surface area contributed by atoms with Gasteiger partial charge in [-0.05, 0) is 31.0 Å². The number of nitrogens with two attached hydrogens (primary N) is 1. The lowest BCUT2D eigenvalue weighted by atomic mass is 10.2. The van der Waals surface area contributed by atoms with E-state index in [1.807, 2.05) is 44.0 Å². The standard InChI is InChI=1S/C13H21N3O/c1-4-7-15-13(17)9-16(3)11-6-5-10(2)12(14)8-11/h5-6,8H,4,7,9,14H2,1-3H3,(H,15,17). The second-order valence-corrected chi connectivity index (χ2v) is 4.25. The molecule has 0 atom stereocenters. The Balaban J connectivity index is 2.60. The molecule has 3 N–H and O–H groups in total. The van der Waals surface area contributed by atoms with Crippen LogP contribution in [0.4, 0.5) is 11.4 Å². The molecule has 0 heterocycles. The van der Waals surface area contributed by atoms with Crippen LogP contribution in [0.5, 0.6) is 0 Å². The van der Waals surface area contributed by atoms with Crippen LogP contribution in [0, 0.1) is 6.92 Å². The Bertz CT molecular complexity index is 390. The molecule has 0 bridgehead atoms. The summed E-state index contributed by atoms with van der Waals surface area (Å²) < 4.78 is 0. The highest BCUT2D eigenvalue weighted by Gasteiger charge is 2.07. The molecule has 0 aromatic heterocycles. The van der Waals surface area contributed by atoms with Gasteiger partial charge in [-0.15, -0.1) is 0 Å². The van der Waals surface area contributed by atoms with Gasteiger partial charge in [0.2, 0.25) is 5.91 Å². The van der Waals surface area contributed by atoms with Crippen molar-refractivity contribution in [2.45, 2.75) is 20.3 Å². The number of nitrogens with zero attached hydrogens (tertiary/aromatic N) is 1. The molecule has 0 saturated carbocycles. The largest absolute Gasteiger partial charge is 0.398 e. The van der Waals surface area contributed by atoms with Crippen LogP contribution < -0.4 is 16.0 Å². The maximum Gasteiger partial charge on any atom is 0.239 e. The minimum atomic E-state index is 0.0356. The number of likely N-dealkylation sites (N-methyl/N-ethyl adjacent to an activating group) is 1. The smallest absolute Gasteiger partial charge is 0.239 e. The number of aryl methyl sites for hydroxylation is 1. The Morgan fingerprint density at radius 2 is 2.18 bits per heavy atom. The van der Waals surface area contributed by atoms with E-state index >= 15 is 0 Å². The topological polar surface area (TPSA) is 58.4 Å². The highest BCUT2D eigenvalue weighted by molar-refractivity contribution is 5.81. The first-order valence-corrected chi connectivity index (χ1v) is 5.88. The van der Waals surface area contributed by atoms with E-state index in [2.05, 4.69) is 5.32 Å². The quantitative estimate of drug-likeness (QED) is 0.761. The molecule has 1 aromatic carbocycles. The highest BCUT2D eigenvalue weighted by Crippen LogP contribution is 2.19. The van der Waals surface area contributed by atoms with Crippen LogP contribution in [0.15, 0.2) is 18.2 Å². The fraction of sp³-hybridized carbons (Fsp3) is 0.462. The van der Waals surface area contributed by atoms with Crippen molar-refractivity contribution in [2.75, 3.05) is 30.8 Å². The van der Waals surface area contributed by atoms with E-state index in [4.69, 9.17) is 5.73 Å². The Labute approximate surface area is 103 Å². The Kier molecular flexibility index (Phi) is 4.82. The van der Waals surface area contributed by atoms with Gasteiger partial charge in [0.05, 0.1) is 6.54 Å². The molecule has 1 aromatic rings. The first-order valence-electron chi connectivity index (χ1n) is 5.88. The van der Waals surface area contributed by atoms with Gasteiger partial charge < -0.3 is 16.0 Å². The van der Waals surface area contributed by atoms with Gasteiger partial charge in [-0.1, -0.05) is 13.0 Å². The summed E-state index contributed by atoms with van der Waals surface area (Å²) in [6.45, 7) is 5.07. The summed E-state index contributed by atoms with van der Waals surface area (Å²) in [7, 11) is 1.88. The van der Waals surface area contributed by atoms with Crippen molar-refractivity contribution < 1.29 is 4.79 Å². The van der Waals surface area contributed by atoms with Gasteiger partial charge in [0.25, 0.3) is 0 Å². The lowest BCUT2D eigenvalue weighted by Gasteiger charge is -2.19. The number of carbonyl (C=O) groups excluding carboxylic acids is 1. The number of anilines is 2. The van der Waals surface area contributed by atoms with Crippen LogP contribution in [0.25, 0.3) is 0 Å². The molecular weight excluding hydrogens is 214 g/mol. The molecule has 0 unspecified atom stereocenters. The number of rotatable bonds is 5. The monoisotopic (exact) mass is 235 g/mol. The molecule has 0 saturated heterocycles. The number of carbonyl (C=O) groups is 1. The molecule has 0 aliphatic carbocycles. The van der Waals surface area contributed by atoms with Crippen LogP contribution in [-0.4, -0.2) is 26.0 Å². The molecular formula is C13H21N3O. The zero-order chi connectivity index (χ0) is 12.8. The fourth-order valence-electron chi connectivity index (χ4n) is 1.49. The molecule has 1 amide bonds.